The normalized spacial score (nSPS) is 17.7. The highest BCUT2D eigenvalue weighted by Gasteiger charge is 2.14. The van der Waals surface area contributed by atoms with Gasteiger partial charge in [0, 0.05) is 18.5 Å². The maximum atomic E-state index is 11.8. The third-order valence-corrected chi connectivity index (χ3v) is 4.23. The molecule has 1 amide bonds. The van der Waals surface area contributed by atoms with Crippen LogP contribution in [0.4, 0.5) is 0 Å². The molecule has 0 aromatic carbocycles. The summed E-state index contributed by atoms with van der Waals surface area (Å²) in [5.41, 5.74) is 3.72. The molecule has 0 radical (unpaired) electrons. The Morgan fingerprint density at radius 2 is 2.13 bits per heavy atom. The molecule has 15 heavy (non-hydrogen) atoms. The smallest absolute Gasteiger partial charge is 0.266 e. The van der Waals surface area contributed by atoms with E-state index in [9.17, 15) is 4.79 Å². The van der Waals surface area contributed by atoms with Crippen LogP contribution in [-0.2, 0) is 0 Å². The number of rotatable bonds is 2. The largest absolute Gasteiger partial charge is 0.285 e. The minimum absolute atomic E-state index is 0.0241. The van der Waals surface area contributed by atoms with Crippen LogP contribution in [0.15, 0.2) is 11.4 Å². The third-order valence-electron chi connectivity index (χ3n) is 2.45. The molecule has 0 bridgehead atoms. The van der Waals surface area contributed by atoms with Gasteiger partial charge in [-0.1, -0.05) is 6.42 Å². The van der Waals surface area contributed by atoms with E-state index in [0.29, 0.717) is 0 Å². The number of carbonyl (C=O) groups excluding carboxylic acids is 1. The minimum Gasteiger partial charge on any atom is -0.285 e. The molecule has 0 atom stereocenters. The van der Waals surface area contributed by atoms with Crippen molar-refractivity contribution in [2.75, 3.05) is 13.1 Å². The van der Waals surface area contributed by atoms with E-state index in [0.717, 1.165) is 21.5 Å². The van der Waals surface area contributed by atoms with Crippen LogP contribution < -0.4 is 5.43 Å². The molecule has 1 N–H and O–H groups in total. The summed E-state index contributed by atoms with van der Waals surface area (Å²) in [6, 6.07) is 1.92. The molecule has 1 fully saturated rings. The van der Waals surface area contributed by atoms with Crippen molar-refractivity contribution in [2.24, 2.45) is 0 Å². The Balaban J connectivity index is 1.91. The molecule has 1 aromatic rings. The van der Waals surface area contributed by atoms with Gasteiger partial charge < -0.3 is 0 Å². The van der Waals surface area contributed by atoms with Crippen molar-refractivity contribution in [3.8, 4) is 0 Å². The average molecular weight is 336 g/mol. The molecule has 0 aliphatic carbocycles. The molecule has 1 saturated heterocycles. The third kappa shape index (κ3) is 3.15. The lowest BCUT2D eigenvalue weighted by Gasteiger charge is -2.26. The maximum Gasteiger partial charge on any atom is 0.266 e. The van der Waals surface area contributed by atoms with Crippen LogP contribution in [-0.4, -0.2) is 24.0 Å². The molecule has 1 aliphatic rings. The van der Waals surface area contributed by atoms with Gasteiger partial charge in [-0.2, -0.15) is 0 Å². The Hall–Kier alpha value is -0.140. The number of amides is 1. The number of halogens is 1. The second kappa shape index (κ2) is 5.27. The van der Waals surface area contributed by atoms with Crippen molar-refractivity contribution in [1.82, 2.24) is 10.4 Å². The summed E-state index contributed by atoms with van der Waals surface area (Å²) in [6.07, 6.45) is 3.64. The van der Waals surface area contributed by atoms with Gasteiger partial charge in [0.1, 0.15) is 0 Å². The Bertz CT molecular complexity index is 347. The molecule has 1 aromatic heterocycles. The molecular weight excluding hydrogens is 323 g/mol. The highest BCUT2D eigenvalue weighted by molar-refractivity contribution is 14.1. The van der Waals surface area contributed by atoms with Crippen LogP contribution in [0.2, 0.25) is 0 Å². The molecule has 1 aliphatic heterocycles. The molecular formula is C10H13IN2OS. The Labute approximate surface area is 107 Å². The average Bonchev–Trinajstić information content (AvgIpc) is 2.66. The lowest BCUT2D eigenvalue weighted by atomic mass is 10.2. The second-order valence-corrected chi connectivity index (χ2v) is 6.43. The van der Waals surface area contributed by atoms with Crippen LogP contribution >= 0.6 is 33.9 Å². The molecule has 3 nitrogen and oxygen atoms in total. The fourth-order valence-corrected chi connectivity index (χ4v) is 2.97. The predicted octanol–water partition coefficient (Wildman–Crippen LogP) is 2.48. The first-order valence-corrected chi connectivity index (χ1v) is 7.01. The zero-order valence-corrected chi connectivity index (χ0v) is 11.3. The lowest BCUT2D eigenvalue weighted by molar-refractivity contribution is 0.0750. The molecule has 5 heteroatoms. The fraction of sp³-hybridized carbons (Fsp3) is 0.500. The van der Waals surface area contributed by atoms with Gasteiger partial charge in [-0.25, -0.2) is 5.01 Å². The number of carbonyl (C=O) groups is 1. The van der Waals surface area contributed by atoms with Crippen molar-refractivity contribution in [2.45, 2.75) is 19.3 Å². The van der Waals surface area contributed by atoms with E-state index in [2.05, 4.69) is 28.0 Å². The monoisotopic (exact) mass is 336 g/mol. The highest BCUT2D eigenvalue weighted by atomic mass is 127. The second-order valence-electron chi connectivity index (χ2n) is 3.63. The van der Waals surface area contributed by atoms with Crippen molar-refractivity contribution in [1.29, 1.82) is 0 Å². The van der Waals surface area contributed by atoms with Crippen LogP contribution in [0.3, 0.4) is 0 Å². The summed E-state index contributed by atoms with van der Waals surface area (Å²) >= 11 is 3.83. The molecule has 0 spiro atoms. The van der Waals surface area contributed by atoms with Gasteiger partial charge in [0.2, 0.25) is 0 Å². The fourth-order valence-electron chi connectivity index (χ4n) is 1.64. The summed E-state index contributed by atoms with van der Waals surface area (Å²) in [7, 11) is 0. The van der Waals surface area contributed by atoms with E-state index in [1.54, 1.807) is 11.3 Å². The van der Waals surface area contributed by atoms with Gasteiger partial charge in [-0.15, -0.1) is 11.3 Å². The van der Waals surface area contributed by atoms with E-state index in [1.165, 1.54) is 19.3 Å². The molecule has 82 valence electrons. The number of hydrazine groups is 1. The quantitative estimate of drug-likeness (QED) is 0.842. The van der Waals surface area contributed by atoms with Gasteiger partial charge in [-0.3, -0.25) is 10.2 Å². The van der Waals surface area contributed by atoms with Gasteiger partial charge in [0.05, 0.1) is 8.45 Å². The Morgan fingerprint density at radius 3 is 2.73 bits per heavy atom. The number of nitrogens with one attached hydrogen (secondary N) is 1. The van der Waals surface area contributed by atoms with Gasteiger partial charge in [0.15, 0.2) is 0 Å². The summed E-state index contributed by atoms with van der Waals surface area (Å²) < 4.78 is 1.15. The van der Waals surface area contributed by atoms with E-state index in [1.807, 2.05) is 16.5 Å². The number of thiophene rings is 1. The first-order valence-electron chi connectivity index (χ1n) is 5.06. The lowest BCUT2D eigenvalue weighted by Crippen LogP contribution is -2.44. The van der Waals surface area contributed by atoms with Crippen molar-refractivity contribution >= 4 is 39.8 Å². The van der Waals surface area contributed by atoms with Gasteiger partial charge >= 0.3 is 0 Å². The highest BCUT2D eigenvalue weighted by Crippen LogP contribution is 2.16. The van der Waals surface area contributed by atoms with E-state index in [-0.39, 0.29) is 5.91 Å². The number of nitrogens with zero attached hydrogens (tertiary/aromatic N) is 1. The standard InChI is InChI=1S/C10H13IN2OS/c11-9-6-8(7-15-9)10(14)12-13-4-2-1-3-5-13/h6-7H,1-5H2,(H,12,14). The topological polar surface area (TPSA) is 32.3 Å². The summed E-state index contributed by atoms with van der Waals surface area (Å²) in [5, 5.41) is 3.93. The molecule has 0 saturated carbocycles. The minimum atomic E-state index is 0.0241. The van der Waals surface area contributed by atoms with Crippen molar-refractivity contribution in [3.63, 3.8) is 0 Å². The van der Waals surface area contributed by atoms with Crippen LogP contribution in [0.5, 0.6) is 0 Å². The predicted molar refractivity (Wildman–Crippen MR) is 69.9 cm³/mol. The Kier molecular flexibility index (Phi) is 3.99. The summed E-state index contributed by atoms with van der Waals surface area (Å²) in [6.45, 7) is 1.96. The zero-order valence-electron chi connectivity index (χ0n) is 8.33. The van der Waals surface area contributed by atoms with E-state index in [4.69, 9.17) is 0 Å². The SMILES string of the molecule is O=C(NN1CCCCC1)c1csc(I)c1. The number of piperidine rings is 1. The zero-order chi connectivity index (χ0) is 10.7. The van der Waals surface area contributed by atoms with Gasteiger partial charge in [0.25, 0.3) is 5.91 Å². The summed E-state index contributed by atoms with van der Waals surface area (Å²) in [4.78, 5) is 11.8. The molecule has 2 rings (SSSR count). The molecule has 0 unspecified atom stereocenters. The van der Waals surface area contributed by atoms with Crippen molar-refractivity contribution < 1.29 is 4.79 Å². The number of hydrogen-bond donors (Lipinski definition) is 1. The first-order chi connectivity index (χ1) is 7.25. The number of hydrogen-bond acceptors (Lipinski definition) is 3. The van der Waals surface area contributed by atoms with Crippen LogP contribution in [0.25, 0.3) is 0 Å². The van der Waals surface area contributed by atoms with Crippen LogP contribution in [0.1, 0.15) is 29.6 Å². The first kappa shape index (κ1) is 11.3. The maximum absolute atomic E-state index is 11.8. The van der Waals surface area contributed by atoms with E-state index >= 15 is 0 Å². The van der Waals surface area contributed by atoms with Crippen molar-refractivity contribution in [3.05, 3.63) is 19.9 Å². The summed E-state index contributed by atoms with van der Waals surface area (Å²) in [5.74, 6) is 0.0241. The van der Waals surface area contributed by atoms with E-state index < -0.39 is 0 Å². The van der Waals surface area contributed by atoms with Crippen LogP contribution in [0, 0.1) is 2.88 Å². The Morgan fingerprint density at radius 1 is 1.40 bits per heavy atom. The van der Waals surface area contributed by atoms with Gasteiger partial charge in [-0.05, 0) is 41.5 Å². The molecule has 2 heterocycles.